The highest BCUT2D eigenvalue weighted by molar-refractivity contribution is 5.96. The number of anilines is 1. The number of imidazole rings is 1. The number of aliphatic hydroxyl groups is 1. The number of nitrogens with zero attached hydrogens (tertiary/aromatic N) is 3. The van der Waals surface area contributed by atoms with Crippen LogP contribution in [0, 0.1) is 6.92 Å². The Balaban J connectivity index is 1.36. The van der Waals surface area contributed by atoms with Crippen LogP contribution in [-0.2, 0) is 17.8 Å². The summed E-state index contributed by atoms with van der Waals surface area (Å²) in [7, 11) is 0. The largest absolute Gasteiger partial charge is 0.491 e. The molecule has 1 N–H and O–H groups in total. The number of aliphatic hydroxyl groups excluding tert-OH is 1. The molecule has 35 heavy (non-hydrogen) atoms. The van der Waals surface area contributed by atoms with Crippen LogP contribution in [0.25, 0.3) is 11.0 Å². The van der Waals surface area contributed by atoms with Crippen molar-refractivity contribution in [3.63, 3.8) is 0 Å². The number of rotatable bonds is 8. The lowest BCUT2D eigenvalue weighted by Gasteiger charge is -2.19. The molecule has 1 aromatic heterocycles. The first-order valence-electron chi connectivity index (χ1n) is 12.2. The number of carbonyl (C=O) groups excluding carboxylic acids is 1. The fraction of sp³-hybridized carbons (Fsp3) is 0.310. The van der Waals surface area contributed by atoms with Crippen molar-refractivity contribution in [2.24, 2.45) is 0 Å². The predicted molar refractivity (Wildman–Crippen MR) is 138 cm³/mol. The average molecular weight is 470 g/mol. The predicted octanol–water partition coefficient (Wildman–Crippen LogP) is 4.87. The van der Waals surface area contributed by atoms with Crippen LogP contribution in [0.4, 0.5) is 5.69 Å². The Morgan fingerprint density at radius 1 is 1.09 bits per heavy atom. The lowest BCUT2D eigenvalue weighted by molar-refractivity contribution is -0.117. The fourth-order valence-corrected chi connectivity index (χ4v) is 4.80. The Hall–Kier alpha value is -3.64. The van der Waals surface area contributed by atoms with Gasteiger partial charge in [0.05, 0.1) is 17.6 Å². The van der Waals surface area contributed by atoms with Gasteiger partial charge in [0.2, 0.25) is 5.91 Å². The van der Waals surface area contributed by atoms with E-state index in [0.717, 1.165) is 40.3 Å². The number of hydrogen-bond donors (Lipinski definition) is 1. The van der Waals surface area contributed by atoms with Crippen LogP contribution in [0.1, 0.15) is 36.2 Å². The summed E-state index contributed by atoms with van der Waals surface area (Å²) >= 11 is 0. The van der Waals surface area contributed by atoms with Crippen molar-refractivity contribution in [1.29, 1.82) is 0 Å². The number of aryl methyl sites for hydroxylation is 2. The molecule has 0 saturated carbocycles. The van der Waals surface area contributed by atoms with Crippen molar-refractivity contribution in [3.05, 3.63) is 89.7 Å². The Bertz CT molecular complexity index is 1330. The first-order chi connectivity index (χ1) is 17.0. The van der Waals surface area contributed by atoms with Gasteiger partial charge < -0.3 is 19.3 Å². The van der Waals surface area contributed by atoms with Crippen molar-refractivity contribution >= 4 is 22.6 Å². The normalized spacial score (nSPS) is 16.7. The van der Waals surface area contributed by atoms with Crippen LogP contribution in [-0.4, -0.2) is 39.8 Å². The lowest BCUT2D eigenvalue weighted by atomic mass is 10.1. The summed E-state index contributed by atoms with van der Waals surface area (Å²) in [4.78, 5) is 19.7. The molecule has 0 unspecified atom stereocenters. The van der Waals surface area contributed by atoms with Crippen LogP contribution in [0.5, 0.6) is 5.75 Å². The number of benzene rings is 3. The number of aromatic nitrogens is 2. The molecule has 3 aromatic carbocycles. The van der Waals surface area contributed by atoms with Crippen LogP contribution in [0.15, 0.2) is 72.8 Å². The Kier molecular flexibility index (Phi) is 6.55. The minimum Gasteiger partial charge on any atom is -0.491 e. The third-order valence-corrected chi connectivity index (χ3v) is 6.65. The van der Waals surface area contributed by atoms with Gasteiger partial charge >= 0.3 is 0 Å². The molecule has 1 amide bonds. The molecule has 2 heterocycles. The molecular weight excluding hydrogens is 438 g/mol. The highest BCUT2D eigenvalue weighted by Crippen LogP contribution is 2.33. The number of hydrogen-bond acceptors (Lipinski definition) is 4. The molecule has 2 atom stereocenters. The van der Waals surface area contributed by atoms with E-state index in [9.17, 15) is 9.90 Å². The van der Waals surface area contributed by atoms with Crippen molar-refractivity contribution < 1.29 is 14.6 Å². The summed E-state index contributed by atoms with van der Waals surface area (Å²) < 4.78 is 7.91. The van der Waals surface area contributed by atoms with Gasteiger partial charge in [-0.15, -0.1) is 0 Å². The third kappa shape index (κ3) is 4.93. The maximum absolute atomic E-state index is 12.9. The third-order valence-electron chi connectivity index (χ3n) is 6.65. The molecule has 4 aromatic rings. The van der Waals surface area contributed by atoms with Crippen LogP contribution < -0.4 is 9.64 Å². The van der Waals surface area contributed by atoms with Crippen molar-refractivity contribution in [1.82, 2.24) is 9.55 Å². The second-order valence-electron chi connectivity index (χ2n) is 9.28. The van der Waals surface area contributed by atoms with E-state index < -0.39 is 6.10 Å². The molecule has 0 bridgehead atoms. The zero-order valence-corrected chi connectivity index (χ0v) is 20.2. The first-order valence-corrected chi connectivity index (χ1v) is 12.2. The van der Waals surface area contributed by atoms with Gasteiger partial charge in [-0.2, -0.15) is 0 Å². The summed E-state index contributed by atoms with van der Waals surface area (Å²) in [5.74, 6) is 1.62. The second kappa shape index (κ2) is 9.92. The van der Waals surface area contributed by atoms with E-state index in [1.54, 1.807) is 0 Å². The van der Waals surface area contributed by atoms with E-state index >= 15 is 0 Å². The van der Waals surface area contributed by atoms with E-state index in [1.807, 2.05) is 84.6 Å². The zero-order valence-electron chi connectivity index (χ0n) is 20.2. The molecule has 6 nitrogen and oxygen atoms in total. The zero-order chi connectivity index (χ0) is 24.4. The van der Waals surface area contributed by atoms with Gasteiger partial charge in [-0.3, -0.25) is 4.79 Å². The minimum atomic E-state index is -0.720. The monoisotopic (exact) mass is 469 g/mol. The average Bonchev–Trinajstić information content (AvgIpc) is 3.43. The van der Waals surface area contributed by atoms with Crippen LogP contribution in [0.3, 0.4) is 0 Å². The molecule has 180 valence electrons. The molecule has 0 aliphatic carbocycles. The van der Waals surface area contributed by atoms with Gasteiger partial charge in [-0.05, 0) is 60.9 Å². The first kappa shape index (κ1) is 23.1. The highest BCUT2D eigenvalue weighted by Gasteiger charge is 2.35. The van der Waals surface area contributed by atoms with E-state index in [2.05, 4.69) is 11.5 Å². The number of fused-ring (bicyclic) bond motifs is 1. The van der Waals surface area contributed by atoms with Crippen LogP contribution >= 0.6 is 0 Å². The standard InChI is InChI=1S/C29H31N3O3/c1-3-21-11-13-25(14-12-21)35-19-24(33)18-32-27-10-5-4-9-26(27)30-29(32)22-16-28(34)31(17-22)23-8-6-7-20(2)15-23/h4-15,22,24,33H,3,16-19H2,1-2H3/t22-,24-/m1/s1. The molecule has 1 aliphatic rings. The molecule has 0 spiro atoms. The SMILES string of the molecule is CCc1ccc(OC[C@H](O)Cn2c([C@@H]3CC(=O)N(c4cccc(C)c4)C3)nc3ccccc32)cc1. The van der Waals surface area contributed by atoms with Crippen LogP contribution in [0.2, 0.25) is 0 Å². The quantitative estimate of drug-likeness (QED) is 0.400. The molecule has 1 saturated heterocycles. The Morgan fingerprint density at radius 2 is 1.89 bits per heavy atom. The van der Waals surface area contributed by atoms with Gasteiger partial charge in [-0.25, -0.2) is 4.98 Å². The highest BCUT2D eigenvalue weighted by atomic mass is 16.5. The van der Waals surface area contributed by atoms with Gasteiger partial charge in [0.15, 0.2) is 0 Å². The second-order valence-corrected chi connectivity index (χ2v) is 9.28. The van der Waals surface area contributed by atoms with Gasteiger partial charge in [0.25, 0.3) is 0 Å². The smallest absolute Gasteiger partial charge is 0.227 e. The Morgan fingerprint density at radius 3 is 2.66 bits per heavy atom. The van der Waals surface area contributed by atoms with Gasteiger partial charge in [0.1, 0.15) is 24.3 Å². The maximum Gasteiger partial charge on any atom is 0.227 e. The van der Waals surface area contributed by atoms with Gasteiger partial charge in [0, 0.05) is 24.6 Å². The summed E-state index contributed by atoms with van der Waals surface area (Å²) in [6, 6.07) is 23.9. The van der Waals surface area contributed by atoms with Crippen molar-refractivity contribution in [3.8, 4) is 5.75 Å². The van der Waals surface area contributed by atoms with Gasteiger partial charge in [-0.1, -0.05) is 43.3 Å². The van der Waals surface area contributed by atoms with E-state index in [1.165, 1.54) is 5.56 Å². The maximum atomic E-state index is 12.9. The number of ether oxygens (including phenoxy) is 1. The summed E-state index contributed by atoms with van der Waals surface area (Å²) in [6.45, 7) is 5.24. The van der Waals surface area contributed by atoms with E-state index in [0.29, 0.717) is 19.5 Å². The molecule has 5 rings (SSSR count). The molecule has 6 heteroatoms. The molecule has 1 fully saturated rings. The molecule has 0 radical (unpaired) electrons. The topological polar surface area (TPSA) is 67.6 Å². The molecule has 1 aliphatic heterocycles. The lowest BCUT2D eigenvalue weighted by Crippen LogP contribution is -2.26. The molecular formula is C29H31N3O3. The summed E-state index contributed by atoms with van der Waals surface area (Å²) in [5, 5.41) is 10.9. The van der Waals surface area contributed by atoms with E-state index in [-0.39, 0.29) is 18.4 Å². The number of amides is 1. The summed E-state index contributed by atoms with van der Waals surface area (Å²) in [5.41, 5.74) is 5.11. The fourth-order valence-electron chi connectivity index (χ4n) is 4.80. The number of para-hydroxylation sites is 2. The summed E-state index contributed by atoms with van der Waals surface area (Å²) in [6.07, 6.45) is 0.653. The van der Waals surface area contributed by atoms with E-state index in [4.69, 9.17) is 9.72 Å². The van der Waals surface area contributed by atoms with Crippen molar-refractivity contribution in [2.75, 3.05) is 18.1 Å². The van der Waals surface area contributed by atoms with Crippen molar-refractivity contribution in [2.45, 2.75) is 45.3 Å². The Labute approximate surface area is 205 Å². The minimum absolute atomic E-state index is 0.0508. The number of carbonyl (C=O) groups is 1.